The molecule has 0 fully saturated rings. The molecule has 1 aromatic heterocycles. The van der Waals surface area contributed by atoms with Crippen LogP contribution in [-0.2, 0) is 14.4 Å². The van der Waals surface area contributed by atoms with Crippen LogP contribution in [0.15, 0.2) is 60.2 Å². The number of benzene rings is 2. The van der Waals surface area contributed by atoms with Gasteiger partial charge < -0.3 is 10.6 Å². The van der Waals surface area contributed by atoms with Gasteiger partial charge in [0.2, 0.25) is 11.8 Å². The maximum absolute atomic E-state index is 12.8. The Labute approximate surface area is 196 Å². The Morgan fingerprint density at radius 3 is 2.38 bits per heavy atom. The summed E-state index contributed by atoms with van der Waals surface area (Å²) < 4.78 is 1.46. The number of aryl methyl sites for hydroxylation is 2. The third kappa shape index (κ3) is 5.01. The summed E-state index contributed by atoms with van der Waals surface area (Å²) >= 11 is 0. The normalized spacial score (nSPS) is 14.4. The van der Waals surface area contributed by atoms with Crippen molar-refractivity contribution in [2.45, 2.75) is 39.7 Å². The third-order valence-electron chi connectivity index (χ3n) is 5.51. The lowest BCUT2D eigenvalue weighted by Crippen LogP contribution is -2.36. The van der Waals surface area contributed by atoms with Gasteiger partial charge in [0.15, 0.2) is 0 Å². The van der Waals surface area contributed by atoms with Crippen molar-refractivity contribution in [1.29, 1.82) is 0 Å². The van der Waals surface area contributed by atoms with Crippen molar-refractivity contribution in [2.75, 3.05) is 15.6 Å². The molecule has 1 aliphatic rings. The molecule has 4 rings (SSSR count). The van der Waals surface area contributed by atoms with Crippen molar-refractivity contribution < 1.29 is 14.4 Å². The fourth-order valence-corrected chi connectivity index (χ4v) is 3.48. The highest BCUT2D eigenvalue weighted by Gasteiger charge is 2.26. The van der Waals surface area contributed by atoms with E-state index in [1.54, 1.807) is 31.2 Å². The molecule has 34 heavy (non-hydrogen) atoms. The standard InChI is InChI=1S/C24H25N7O3/c1-15-4-5-16(2)21(12-15)31-22(32)11-10-20(29-31)24(34)28-19-8-6-18(7-9-19)27-23(33)17(3)30-14-25-13-26-30/h4-9,12-14,17H,10-11H2,1-3H3,(H,27,33)(H,28,34). The van der Waals surface area contributed by atoms with E-state index in [1.807, 2.05) is 32.0 Å². The first-order valence-electron chi connectivity index (χ1n) is 10.9. The Morgan fingerprint density at radius 1 is 1.00 bits per heavy atom. The number of nitrogens with zero attached hydrogens (tertiary/aromatic N) is 5. The van der Waals surface area contributed by atoms with E-state index in [-0.39, 0.29) is 36.3 Å². The lowest BCUT2D eigenvalue weighted by molar-refractivity contribution is -0.119. The highest BCUT2D eigenvalue weighted by atomic mass is 16.2. The Morgan fingerprint density at radius 2 is 1.71 bits per heavy atom. The fourth-order valence-electron chi connectivity index (χ4n) is 3.48. The second-order valence-corrected chi connectivity index (χ2v) is 8.11. The SMILES string of the molecule is Cc1ccc(C)c(N2N=C(C(=O)Nc3ccc(NC(=O)C(C)n4cncn4)cc3)CCC2=O)c1. The maximum Gasteiger partial charge on any atom is 0.271 e. The molecule has 0 radical (unpaired) electrons. The van der Waals surface area contributed by atoms with E-state index < -0.39 is 6.04 Å². The van der Waals surface area contributed by atoms with Crippen molar-refractivity contribution in [1.82, 2.24) is 14.8 Å². The minimum absolute atomic E-state index is 0.148. The molecule has 0 saturated heterocycles. The number of amides is 3. The van der Waals surface area contributed by atoms with Gasteiger partial charge in [0.05, 0.1) is 5.69 Å². The summed E-state index contributed by atoms with van der Waals surface area (Å²) in [5.74, 6) is -0.764. The smallest absolute Gasteiger partial charge is 0.271 e. The molecular formula is C24H25N7O3. The minimum Gasteiger partial charge on any atom is -0.324 e. The van der Waals surface area contributed by atoms with Gasteiger partial charge in [-0.2, -0.15) is 10.2 Å². The number of aromatic nitrogens is 3. The minimum atomic E-state index is -0.520. The van der Waals surface area contributed by atoms with E-state index in [1.165, 1.54) is 22.3 Å². The molecule has 2 N–H and O–H groups in total. The fraction of sp³-hybridized carbons (Fsp3) is 0.250. The highest BCUT2D eigenvalue weighted by molar-refractivity contribution is 6.44. The van der Waals surface area contributed by atoms with Crippen LogP contribution in [0, 0.1) is 13.8 Å². The largest absolute Gasteiger partial charge is 0.324 e. The topological polar surface area (TPSA) is 122 Å². The van der Waals surface area contributed by atoms with E-state index >= 15 is 0 Å². The van der Waals surface area contributed by atoms with Gasteiger partial charge in [-0.15, -0.1) is 0 Å². The molecule has 0 aliphatic carbocycles. The lowest BCUT2D eigenvalue weighted by Gasteiger charge is -2.24. The molecule has 1 aliphatic heterocycles. The Hall–Kier alpha value is -4.34. The first-order chi connectivity index (χ1) is 16.3. The molecule has 0 bridgehead atoms. The van der Waals surface area contributed by atoms with E-state index in [4.69, 9.17) is 0 Å². The van der Waals surface area contributed by atoms with E-state index in [0.29, 0.717) is 17.1 Å². The van der Waals surface area contributed by atoms with Gasteiger partial charge in [0.1, 0.15) is 24.4 Å². The summed E-state index contributed by atoms with van der Waals surface area (Å²) in [6.45, 7) is 5.56. The molecule has 2 heterocycles. The molecule has 1 atom stereocenters. The van der Waals surface area contributed by atoms with Gasteiger partial charge in [0, 0.05) is 24.2 Å². The Bertz CT molecular complexity index is 1250. The summed E-state index contributed by atoms with van der Waals surface area (Å²) in [4.78, 5) is 41.5. The van der Waals surface area contributed by atoms with Gasteiger partial charge in [-0.05, 0) is 62.2 Å². The summed E-state index contributed by atoms with van der Waals surface area (Å²) in [5, 5.41) is 15.2. The average Bonchev–Trinajstić information content (AvgIpc) is 3.37. The van der Waals surface area contributed by atoms with Gasteiger partial charge in [-0.25, -0.2) is 14.7 Å². The monoisotopic (exact) mass is 459 g/mol. The second kappa shape index (κ2) is 9.65. The number of hydrazone groups is 1. The number of nitrogens with one attached hydrogen (secondary N) is 2. The number of hydrogen-bond acceptors (Lipinski definition) is 6. The Kier molecular flexibility index (Phi) is 6.48. The van der Waals surface area contributed by atoms with Gasteiger partial charge in [-0.3, -0.25) is 14.4 Å². The quantitative estimate of drug-likeness (QED) is 0.586. The van der Waals surface area contributed by atoms with Crippen LogP contribution in [0.25, 0.3) is 0 Å². The molecular weight excluding hydrogens is 434 g/mol. The molecule has 0 spiro atoms. The average molecular weight is 460 g/mol. The van der Waals surface area contributed by atoms with Crippen molar-refractivity contribution in [3.05, 3.63) is 66.2 Å². The van der Waals surface area contributed by atoms with Crippen molar-refractivity contribution in [3.8, 4) is 0 Å². The van der Waals surface area contributed by atoms with Gasteiger partial charge in [-0.1, -0.05) is 12.1 Å². The predicted octanol–water partition coefficient (Wildman–Crippen LogP) is 3.22. The van der Waals surface area contributed by atoms with Crippen LogP contribution < -0.4 is 15.6 Å². The van der Waals surface area contributed by atoms with Crippen LogP contribution in [0.2, 0.25) is 0 Å². The molecule has 10 heteroatoms. The zero-order valence-corrected chi connectivity index (χ0v) is 19.1. The maximum atomic E-state index is 12.8. The van der Waals surface area contributed by atoms with E-state index in [2.05, 4.69) is 25.8 Å². The van der Waals surface area contributed by atoms with Crippen LogP contribution in [-0.4, -0.2) is 38.2 Å². The van der Waals surface area contributed by atoms with Gasteiger partial charge >= 0.3 is 0 Å². The van der Waals surface area contributed by atoms with Crippen LogP contribution in [0.1, 0.15) is 36.9 Å². The van der Waals surface area contributed by atoms with E-state index in [9.17, 15) is 14.4 Å². The number of carbonyl (C=O) groups excluding carboxylic acids is 3. The summed E-state index contributed by atoms with van der Waals surface area (Å²) in [6, 6.07) is 12.0. The molecule has 10 nitrogen and oxygen atoms in total. The number of rotatable bonds is 6. The second-order valence-electron chi connectivity index (χ2n) is 8.11. The molecule has 0 saturated carbocycles. The third-order valence-corrected chi connectivity index (χ3v) is 5.51. The molecule has 3 aromatic rings. The van der Waals surface area contributed by atoms with Crippen LogP contribution in [0.5, 0.6) is 0 Å². The number of carbonyl (C=O) groups is 3. The van der Waals surface area contributed by atoms with Crippen LogP contribution in [0.4, 0.5) is 17.1 Å². The Balaban J connectivity index is 1.42. The summed E-state index contributed by atoms with van der Waals surface area (Å²) in [6.07, 6.45) is 3.32. The molecule has 1 unspecified atom stereocenters. The van der Waals surface area contributed by atoms with Crippen molar-refractivity contribution in [3.63, 3.8) is 0 Å². The first kappa shape index (κ1) is 22.8. The first-order valence-corrected chi connectivity index (χ1v) is 10.9. The summed E-state index contributed by atoms with van der Waals surface area (Å²) in [5.41, 5.74) is 3.99. The van der Waals surface area contributed by atoms with Crippen LogP contribution >= 0.6 is 0 Å². The summed E-state index contributed by atoms with van der Waals surface area (Å²) in [7, 11) is 0. The molecule has 3 amide bonds. The zero-order chi connectivity index (χ0) is 24.2. The zero-order valence-electron chi connectivity index (χ0n) is 19.1. The number of anilines is 3. The number of hydrogen-bond donors (Lipinski definition) is 2. The van der Waals surface area contributed by atoms with E-state index in [0.717, 1.165) is 11.1 Å². The molecule has 174 valence electrons. The van der Waals surface area contributed by atoms with Crippen molar-refractivity contribution >= 4 is 40.5 Å². The molecule has 2 aromatic carbocycles. The lowest BCUT2D eigenvalue weighted by atomic mass is 10.1. The highest BCUT2D eigenvalue weighted by Crippen LogP contribution is 2.26. The van der Waals surface area contributed by atoms with Gasteiger partial charge in [0.25, 0.3) is 5.91 Å². The van der Waals surface area contributed by atoms with Crippen LogP contribution in [0.3, 0.4) is 0 Å². The predicted molar refractivity (Wildman–Crippen MR) is 129 cm³/mol. The van der Waals surface area contributed by atoms with Crippen molar-refractivity contribution in [2.24, 2.45) is 5.10 Å².